The normalized spacial score (nSPS) is 11.8. The van der Waals surface area contributed by atoms with Gasteiger partial charge in [0.2, 0.25) is 5.29 Å². The highest BCUT2D eigenvalue weighted by atomic mass is 35.5. The molecule has 0 aromatic heterocycles. The first kappa shape index (κ1) is 11.0. The standard InChI is InChI=1S/C6H4ClF3O2/c1-12-6(11)3(5(7)10)2-4(8)9/h2H,1H3. The average Bonchev–Trinajstić information content (AvgIpc) is 1.98. The van der Waals surface area contributed by atoms with Crippen LogP contribution in [0.15, 0.2) is 23.0 Å². The van der Waals surface area contributed by atoms with E-state index in [4.69, 9.17) is 11.6 Å². The van der Waals surface area contributed by atoms with Crippen molar-refractivity contribution in [2.75, 3.05) is 7.11 Å². The van der Waals surface area contributed by atoms with Gasteiger partial charge in [-0.3, -0.25) is 0 Å². The fourth-order valence-electron chi connectivity index (χ4n) is 0.410. The van der Waals surface area contributed by atoms with E-state index in [1.54, 1.807) is 0 Å². The number of rotatable bonds is 2. The molecule has 0 aromatic carbocycles. The molecular weight excluding hydrogens is 197 g/mol. The molecule has 0 aliphatic carbocycles. The fraction of sp³-hybridized carbons (Fsp3) is 0.167. The Hall–Kier alpha value is -0.970. The molecule has 0 heterocycles. The molecule has 0 bridgehead atoms. The van der Waals surface area contributed by atoms with Gasteiger partial charge in [0.05, 0.1) is 7.11 Å². The van der Waals surface area contributed by atoms with Crippen molar-refractivity contribution >= 4 is 17.6 Å². The van der Waals surface area contributed by atoms with Crippen molar-refractivity contribution < 1.29 is 22.7 Å². The molecule has 0 amide bonds. The van der Waals surface area contributed by atoms with Crippen molar-refractivity contribution in [2.24, 2.45) is 0 Å². The number of esters is 1. The van der Waals surface area contributed by atoms with Gasteiger partial charge in [-0.2, -0.15) is 13.2 Å². The van der Waals surface area contributed by atoms with Gasteiger partial charge in [0.15, 0.2) is 0 Å². The Labute approximate surface area is 71.3 Å². The van der Waals surface area contributed by atoms with Crippen LogP contribution < -0.4 is 0 Å². The van der Waals surface area contributed by atoms with Gasteiger partial charge in [0, 0.05) is 6.08 Å². The van der Waals surface area contributed by atoms with Crippen molar-refractivity contribution in [1.82, 2.24) is 0 Å². The van der Waals surface area contributed by atoms with Gasteiger partial charge in [0.25, 0.3) is 6.08 Å². The van der Waals surface area contributed by atoms with E-state index in [1.165, 1.54) is 0 Å². The van der Waals surface area contributed by atoms with E-state index in [2.05, 4.69) is 4.74 Å². The molecule has 0 saturated heterocycles. The van der Waals surface area contributed by atoms with Gasteiger partial charge in [-0.05, 0) is 0 Å². The summed E-state index contributed by atoms with van der Waals surface area (Å²) in [5.41, 5.74) is -1.00. The zero-order valence-electron chi connectivity index (χ0n) is 5.91. The summed E-state index contributed by atoms with van der Waals surface area (Å²) >= 11 is 4.70. The van der Waals surface area contributed by atoms with Crippen LogP contribution in [0.2, 0.25) is 0 Å². The van der Waals surface area contributed by atoms with E-state index in [1.807, 2.05) is 0 Å². The summed E-state index contributed by atoms with van der Waals surface area (Å²) in [4.78, 5) is 10.5. The van der Waals surface area contributed by atoms with Gasteiger partial charge in [-0.15, -0.1) is 0 Å². The average molecular weight is 201 g/mol. The molecule has 0 saturated carbocycles. The molecule has 12 heavy (non-hydrogen) atoms. The fourth-order valence-corrected chi connectivity index (χ4v) is 0.541. The molecule has 0 unspecified atom stereocenters. The Bertz CT molecular complexity index is 239. The maximum Gasteiger partial charge on any atom is 0.342 e. The molecule has 0 fully saturated rings. The maximum atomic E-state index is 12.1. The number of methoxy groups -OCH3 is 1. The molecule has 0 atom stereocenters. The third kappa shape index (κ3) is 3.43. The second-order valence-electron chi connectivity index (χ2n) is 1.60. The predicted octanol–water partition coefficient (Wildman–Crippen LogP) is 2.36. The van der Waals surface area contributed by atoms with Crippen LogP contribution in [0.1, 0.15) is 0 Å². The van der Waals surface area contributed by atoms with Crippen molar-refractivity contribution in [3.8, 4) is 0 Å². The molecule has 68 valence electrons. The van der Waals surface area contributed by atoms with Gasteiger partial charge in [-0.25, -0.2) is 4.79 Å². The van der Waals surface area contributed by atoms with Crippen LogP contribution >= 0.6 is 11.6 Å². The van der Waals surface area contributed by atoms with Crippen molar-refractivity contribution in [3.05, 3.63) is 23.0 Å². The highest BCUT2D eigenvalue weighted by Crippen LogP contribution is 2.16. The van der Waals surface area contributed by atoms with E-state index in [9.17, 15) is 18.0 Å². The molecule has 0 spiro atoms. The number of hydrogen-bond acceptors (Lipinski definition) is 2. The van der Waals surface area contributed by atoms with Crippen molar-refractivity contribution in [2.45, 2.75) is 0 Å². The predicted molar refractivity (Wildman–Crippen MR) is 36.3 cm³/mol. The summed E-state index contributed by atoms with van der Waals surface area (Å²) in [5, 5.41) is -1.53. The first-order chi connectivity index (χ1) is 5.49. The minimum atomic E-state index is -2.23. The third-order valence-electron chi connectivity index (χ3n) is 0.862. The smallest absolute Gasteiger partial charge is 0.342 e. The van der Waals surface area contributed by atoms with E-state index < -0.39 is 22.9 Å². The number of carbonyl (C=O) groups excluding carboxylic acids is 1. The van der Waals surface area contributed by atoms with Crippen LogP contribution in [-0.2, 0) is 9.53 Å². The Morgan fingerprint density at radius 3 is 2.17 bits per heavy atom. The van der Waals surface area contributed by atoms with E-state index in [0.717, 1.165) is 7.11 Å². The van der Waals surface area contributed by atoms with Gasteiger partial charge in [-0.1, -0.05) is 11.6 Å². The molecule has 0 aromatic rings. The highest BCUT2D eigenvalue weighted by Gasteiger charge is 2.13. The molecule has 0 N–H and O–H groups in total. The maximum absolute atomic E-state index is 12.1. The molecule has 6 heteroatoms. The molecule has 0 aliphatic heterocycles. The summed E-state index contributed by atoms with van der Waals surface area (Å²) in [6, 6.07) is 0. The van der Waals surface area contributed by atoms with Crippen LogP contribution in [0.25, 0.3) is 0 Å². The Kier molecular flexibility index (Phi) is 4.43. The summed E-state index contributed by atoms with van der Waals surface area (Å²) in [6.45, 7) is 0. The summed E-state index contributed by atoms with van der Waals surface area (Å²) in [7, 11) is 0.923. The summed E-state index contributed by atoms with van der Waals surface area (Å²) in [6.07, 6.45) is -2.24. The van der Waals surface area contributed by atoms with Crippen LogP contribution in [0.5, 0.6) is 0 Å². The van der Waals surface area contributed by atoms with E-state index in [0.29, 0.717) is 0 Å². The quantitative estimate of drug-likeness (QED) is 0.389. The third-order valence-corrected chi connectivity index (χ3v) is 1.07. The molecule has 0 rings (SSSR count). The SMILES string of the molecule is COC(=O)C(C=C(F)F)=C(F)Cl. The van der Waals surface area contributed by atoms with Crippen LogP contribution in [0.3, 0.4) is 0 Å². The topological polar surface area (TPSA) is 26.3 Å². The first-order valence-electron chi connectivity index (χ1n) is 2.65. The van der Waals surface area contributed by atoms with Crippen molar-refractivity contribution in [1.29, 1.82) is 0 Å². The summed E-state index contributed by atoms with van der Waals surface area (Å²) < 4.78 is 39.2. The van der Waals surface area contributed by atoms with E-state index in [-0.39, 0.29) is 6.08 Å². The lowest BCUT2D eigenvalue weighted by molar-refractivity contribution is -0.135. The summed E-state index contributed by atoms with van der Waals surface area (Å²) in [5.74, 6) is -1.25. The molecular formula is C6H4ClF3O2. The minimum absolute atomic E-state index is 0.00579. The number of halogens is 4. The monoisotopic (exact) mass is 200 g/mol. The van der Waals surface area contributed by atoms with E-state index >= 15 is 0 Å². The van der Waals surface area contributed by atoms with Gasteiger partial charge >= 0.3 is 5.97 Å². The second-order valence-corrected chi connectivity index (χ2v) is 1.93. The number of ether oxygens (including phenoxy) is 1. The number of carbonyl (C=O) groups is 1. The van der Waals surface area contributed by atoms with Crippen LogP contribution in [0, 0.1) is 0 Å². The van der Waals surface area contributed by atoms with Crippen LogP contribution in [-0.4, -0.2) is 13.1 Å². The molecule has 0 radical (unpaired) electrons. The molecule has 2 nitrogen and oxygen atoms in total. The zero-order valence-corrected chi connectivity index (χ0v) is 6.66. The Morgan fingerprint density at radius 2 is 1.92 bits per heavy atom. The second kappa shape index (κ2) is 4.82. The number of hydrogen-bond donors (Lipinski definition) is 0. The lowest BCUT2D eigenvalue weighted by Gasteiger charge is -1.97. The Balaban J connectivity index is 4.84. The lowest BCUT2D eigenvalue weighted by Crippen LogP contribution is -2.03. The lowest BCUT2D eigenvalue weighted by atomic mass is 10.3. The largest absolute Gasteiger partial charge is 0.465 e. The van der Waals surface area contributed by atoms with Gasteiger partial charge < -0.3 is 4.74 Å². The first-order valence-corrected chi connectivity index (χ1v) is 3.03. The Morgan fingerprint density at radius 1 is 1.42 bits per heavy atom. The zero-order chi connectivity index (χ0) is 9.72. The highest BCUT2D eigenvalue weighted by molar-refractivity contribution is 6.30. The van der Waals surface area contributed by atoms with Gasteiger partial charge in [0.1, 0.15) is 5.57 Å². The minimum Gasteiger partial charge on any atom is -0.465 e. The molecule has 0 aliphatic rings. The van der Waals surface area contributed by atoms with Crippen molar-refractivity contribution in [3.63, 3.8) is 0 Å². The van der Waals surface area contributed by atoms with Crippen LogP contribution in [0.4, 0.5) is 13.2 Å².